The van der Waals surface area contributed by atoms with Crippen LogP contribution in [0.15, 0.2) is 164 Å². The van der Waals surface area contributed by atoms with E-state index < -0.39 is 51.4 Å². The maximum atomic E-state index is 13.8. The molecule has 0 aliphatic carbocycles. The topological polar surface area (TPSA) is 396 Å². The molecule has 27 nitrogen and oxygen atoms in total. The number of nitrogens with one attached hydrogen (secondary N) is 1. The van der Waals surface area contributed by atoms with Crippen LogP contribution in [-0.2, 0) is 65.4 Å². The van der Waals surface area contributed by atoms with Gasteiger partial charge < -0.3 is 90.8 Å². The second kappa shape index (κ2) is 58.2. The van der Waals surface area contributed by atoms with Gasteiger partial charge in [0.05, 0.1) is 48.7 Å². The number of nitro groups is 2. The maximum absolute atomic E-state index is 13.8. The molecule has 2 atom stereocenters. The number of aliphatic carboxylic acids is 1. The zero-order valence-corrected chi connectivity index (χ0v) is 91.6. The third-order valence-corrected chi connectivity index (χ3v) is 32.3. The number of carbonyl (C=O) groups is 3. The Labute approximate surface area is 859 Å². The zero-order chi connectivity index (χ0) is 93.3. The molecule has 7 N–H and O–H groups in total. The number of aliphatic hydroxyl groups is 1. The number of aryl methyl sites for hydroxylation is 1. The second-order valence-corrected chi connectivity index (χ2v) is 47.6. The number of nitrogens with zero attached hydrogens (tertiary/aromatic N) is 6. The molecule has 0 aliphatic heterocycles. The molecule has 0 fully saturated rings. The number of terminal acetylenes is 1. The van der Waals surface area contributed by atoms with Crippen molar-refractivity contribution < 1.29 is 245 Å². The van der Waals surface area contributed by atoms with Gasteiger partial charge in [-0.2, -0.15) is 0 Å². The van der Waals surface area contributed by atoms with E-state index in [4.69, 9.17) is 76.7 Å². The molecule has 123 heavy (non-hydrogen) atoms. The summed E-state index contributed by atoms with van der Waals surface area (Å²) in [5.74, 6) is 0.537. The Morgan fingerprint density at radius 1 is 0.569 bits per heavy atom. The number of carboxylic acid groups (broad SMARTS) is 1. The number of ether oxygens (including phenoxy) is 3. The summed E-state index contributed by atoms with van der Waals surface area (Å²) in [5.41, 5.74) is 8.33. The smallest absolute Gasteiger partial charge is 1.00 e. The van der Waals surface area contributed by atoms with Crippen LogP contribution in [0.4, 0.5) is 45.2 Å². The molecular weight excluding hydrogens is 2050 g/mol. The number of amides is 1. The van der Waals surface area contributed by atoms with Gasteiger partial charge in [0, 0.05) is 34.4 Å². The predicted octanol–water partition coefficient (Wildman–Crippen LogP) is 15.2. The summed E-state index contributed by atoms with van der Waals surface area (Å²) in [6, 6.07) is 32.5. The van der Waals surface area contributed by atoms with Crippen molar-refractivity contribution in [2.45, 2.75) is 180 Å². The van der Waals surface area contributed by atoms with E-state index in [1.54, 1.807) is 50.2 Å². The summed E-state index contributed by atoms with van der Waals surface area (Å²) in [5, 5.41) is 66.8. The fourth-order valence-corrected chi connectivity index (χ4v) is 10.9. The van der Waals surface area contributed by atoms with Gasteiger partial charge in [0.15, 0.2) is 43.1 Å². The number of anilines is 2. The number of carbonyl (C=O) groups excluding carboxylic acids is 2. The Morgan fingerprint density at radius 3 is 1.13 bits per heavy atom. The fourth-order valence-electron chi connectivity index (χ4n) is 7.81. The van der Waals surface area contributed by atoms with E-state index in [0.29, 0.717) is 86.4 Å². The van der Waals surface area contributed by atoms with Crippen molar-refractivity contribution in [3.63, 3.8) is 0 Å². The summed E-state index contributed by atoms with van der Waals surface area (Å²) < 4.78 is 108. The first-order valence-electron chi connectivity index (χ1n) is 36.9. The molecule has 660 valence electrons. The van der Waals surface area contributed by atoms with Gasteiger partial charge in [-0.3, -0.25) is 14.4 Å². The third-order valence-electron chi connectivity index (χ3n) is 17.9. The van der Waals surface area contributed by atoms with Crippen molar-refractivity contribution in [1.29, 1.82) is 0 Å². The number of pyridine rings is 4. The number of nitrogens with two attached hydrogens (primary N) is 1. The van der Waals surface area contributed by atoms with Crippen LogP contribution in [0.25, 0.3) is 0 Å². The number of hydrogen-bond donors (Lipinski definition) is 6. The number of hydrogen-bond acceptors (Lipinski definition) is 23. The summed E-state index contributed by atoms with van der Waals surface area (Å²) in [7, 11) is -5.93. The van der Waals surface area contributed by atoms with Crippen LogP contribution in [0.2, 0.25) is 59.4 Å². The number of phenolic OH excluding ortho intramolecular Hbond substituents is 1. The molecule has 1 amide bonds. The Morgan fingerprint density at radius 2 is 0.878 bits per heavy atom. The average molecular weight is 2160 g/mol. The number of aromatic nitrogens is 4. The first kappa shape index (κ1) is 117. The van der Waals surface area contributed by atoms with Gasteiger partial charge >= 0.3 is 155 Å². The van der Waals surface area contributed by atoms with Crippen LogP contribution in [0.5, 0.6) is 46.0 Å². The van der Waals surface area contributed by atoms with Crippen LogP contribution in [0, 0.1) is 62.1 Å². The minimum atomic E-state index is -2.01. The standard InChI is InChI=1S/C21H28BrFN2O3Si.C18H23FN2O4Si.C18H25FN2O2Si.C8H9FO.C7H7FO2.C5H3ClN2O2.C3H5BrO2.C2H2.CH2O3.2Cs.H/c1-14(22)20(26)25-19-10-8-17(12-24-19)28-18-9-7-16(23)11-15(18)13-27-29(5,6)21(2,3)4;1-18(2,3)26(4,5)24-12-13-10-14(19)6-8-16(13)25-15-7-9-17(20-11-15)21(22)23;1-18(2,3)24(4,5)22-12-13-10-14(19)6-8-16(13)23-15-7-9-17(20)21-11-15;1-2-6-5-7(9)3-4-8(6)10;8-6-1-2-7(10)5(3-6)4-9;6-4-1-2-5(7-3-4)8(9)10;1-2(4)3(5)6;1-2;2-1-4-3;;;/h7-12,14H,13H2,1-6H3,(H,24,25,26);6-11H,12H2,1-5H3;6-11H,12H2,1-5H3,(H2,20,21);3-5,10H,2H2,1H3;1-3,9-10H,4H2;1-3H;2H,1H3,(H,5,6);1-2H;1,3H;;;/q;;;;;;;;;2*+1;-1/p-1/t14-;;;;;;2-;;;;;/m1.....1...../s1/i;;;;;;;1D;;;;. The van der Waals surface area contributed by atoms with E-state index in [9.17, 15) is 51.8 Å². The molecule has 5 aromatic carbocycles. The third kappa shape index (κ3) is 45.8. The number of halogens is 8. The van der Waals surface area contributed by atoms with Crippen molar-refractivity contribution in [1.82, 2.24) is 19.9 Å². The van der Waals surface area contributed by atoms with Gasteiger partial charge in [-0.1, -0.05) is 113 Å². The van der Waals surface area contributed by atoms with Gasteiger partial charge in [0.25, 0.3) is 6.47 Å². The molecule has 9 aromatic rings. The number of carboxylic acids is 1. The molecule has 0 aliphatic rings. The van der Waals surface area contributed by atoms with E-state index in [0.717, 1.165) is 12.1 Å². The van der Waals surface area contributed by atoms with Gasteiger partial charge in [-0.15, -0.1) is 12.8 Å². The number of alkyl halides is 2. The van der Waals surface area contributed by atoms with E-state index >= 15 is 0 Å². The first-order chi connectivity index (χ1) is 56.6. The normalized spacial score (nSPS) is 11.3. The van der Waals surface area contributed by atoms with E-state index in [-0.39, 0.29) is 243 Å². The van der Waals surface area contributed by atoms with Gasteiger partial charge in [-0.05, 0) is 227 Å². The molecule has 0 saturated carbocycles. The summed E-state index contributed by atoms with van der Waals surface area (Å²) >= 11 is 11.5. The minimum Gasteiger partial charge on any atom is -1.00 e. The molecule has 4 heterocycles. The Hall–Kier alpha value is -6.28. The van der Waals surface area contributed by atoms with Crippen molar-refractivity contribution >= 4 is 110 Å². The van der Waals surface area contributed by atoms with Crippen LogP contribution in [-0.4, -0.2) is 103 Å². The molecule has 0 radical (unpaired) electrons. The molecular formula is C83H104Br2ClCs2F5N8O19Si3. The molecule has 40 heteroatoms. The Balaban J connectivity index is -0.00000144. The van der Waals surface area contributed by atoms with E-state index in [1.807, 2.05) is 6.92 Å². The summed E-state index contributed by atoms with van der Waals surface area (Å²) in [4.78, 5) is 66.7. The van der Waals surface area contributed by atoms with Crippen molar-refractivity contribution in [2.24, 2.45) is 0 Å². The number of nitrogen functional groups attached to an aromatic ring is 1. The van der Waals surface area contributed by atoms with E-state index in [2.05, 4.69) is 170 Å². The quantitative estimate of drug-likeness (QED) is 0.00506. The Bertz CT molecular complexity index is 4780. The number of aliphatic hydroxyl groups excluding tert-OH is 1. The van der Waals surface area contributed by atoms with Gasteiger partial charge in [-0.25, -0.2) is 31.9 Å². The average Bonchev–Trinajstić information content (AvgIpc) is 0.827. The van der Waals surface area contributed by atoms with Crippen LogP contribution >= 0.6 is 43.5 Å². The van der Waals surface area contributed by atoms with E-state index in [1.165, 1.54) is 122 Å². The van der Waals surface area contributed by atoms with Gasteiger partial charge in [0.2, 0.25) is 5.91 Å². The number of benzene rings is 5. The number of rotatable bonds is 23. The van der Waals surface area contributed by atoms with Crippen LogP contribution < -0.4 is 168 Å². The summed E-state index contributed by atoms with van der Waals surface area (Å²) in [6.45, 7) is 37.7. The SMILES string of the molecule is CC(C)(C)[Si](C)(C)OCc1cc(F)ccc1Oc1ccc(N)nc1.CC(C)(C)[Si](C)(C)OCc1cc(F)ccc1Oc1ccc([N+](=O)[O-])nc1.CCc1cc(F)ccc1O.C[C@@H](Br)C(=O)Nc1ccc(Oc2ccc(F)cc2CO[Si](C)(C)C(C)(C)C)cn1.C[C@@H](Br)C(=O)O.O=CO[O-].O=[N+]([O-])c1ccc(Cl)cn1.OCc1cc(F)ccc1O.[2H]C#C.[Cs+].[Cs+].[H-]. The maximum Gasteiger partial charge on any atom is 1.00 e. The van der Waals surface area contributed by atoms with Crippen molar-refractivity contribution in [2.75, 3.05) is 11.1 Å². The molecule has 9 rings (SSSR count). The van der Waals surface area contributed by atoms with Crippen molar-refractivity contribution in [3.05, 3.63) is 246 Å². The minimum absolute atomic E-state index is 0. The molecule has 0 bridgehead atoms. The number of aromatic hydroxyl groups is 2. The van der Waals surface area contributed by atoms with Crippen molar-refractivity contribution in [3.8, 4) is 58.8 Å². The fraction of sp³-hybridized carbons (Fsp3) is 0.337. The Kier molecular flexibility index (Phi) is 55.3. The van der Waals surface area contributed by atoms with Crippen LogP contribution in [0.1, 0.15) is 114 Å². The molecule has 0 unspecified atom stereocenters. The summed E-state index contributed by atoms with van der Waals surface area (Å²) in [6.07, 6.45) is 12.0. The predicted molar refractivity (Wildman–Crippen MR) is 468 cm³/mol. The van der Waals surface area contributed by atoms with Crippen LogP contribution in [0.3, 0.4) is 0 Å². The zero-order valence-electron chi connectivity index (χ0n) is 74.1. The second-order valence-electron chi connectivity index (χ2n) is 30.0. The monoisotopic (exact) mass is 2160 g/mol. The van der Waals surface area contributed by atoms with Gasteiger partial charge in [0.1, 0.15) is 87.2 Å². The number of phenols is 2. The largest absolute Gasteiger partial charge is 1.00 e. The first-order valence-corrected chi connectivity index (χ1v) is 47.4. The molecule has 0 saturated heterocycles. The molecule has 0 spiro atoms. The molecule has 4 aromatic heterocycles.